The average Bonchev–Trinajstić information content (AvgIpc) is 2.55. The second kappa shape index (κ2) is 9.21. The Hall–Kier alpha value is -2.17. The number of carbonyl (C=O) groups excluding carboxylic acids is 2. The number of nitrogens with one attached hydrogen (secondary N) is 1. The largest absolute Gasteiger partial charge is 0.496 e. The predicted octanol–water partition coefficient (Wildman–Crippen LogP) is -0.348. The molecule has 1 rings (SSSR count). The van der Waals surface area contributed by atoms with E-state index in [1.54, 1.807) is 7.11 Å². The third-order valence-electron chi connectivity index (χ3n) is 2.90. The Balaban J connectivity index is 2.71. The SMILES string of the molecule is COCCCNC(=O)COC(=O)c1cc(S(N)(=O)=O)ccc1OC. The molecule has 134 valence electrons. The van der Waals surface area contributed by atoms with Gasteiger partial charge >= 0.3 is 5.97 Å². The third kappa shape index (κ3) is 6.14. The van der Waals surface area contributed by atoms with Gasteiger partial charge in [0.15, 0.2) is 6.61 Å². The number of amides is 1. The number of methoxy groups -OCH3 is 2. The first kappa shape index (κ1) is 19.9. The van der Waals surface area contributed by atoms with Gasteiger partial charge in [0.1, 0.15) is 11.3 Å². The number of sulfonamides is 1. The summed E-state index contributed by atoms with van der Waals surface area (Å²) in [5, 5.41) is 7.57. The van der Waals surface area contributed by atoms with Gasteiger partial charge in [0, 0.05) is 20.3 Å². The van der Waals surface area contributed by atoms with Gasteiger partial charge in [-0.2, -0.15) is 0 Å². The van der Waals surface area contributed by atoms with Gasteiger partial charge in [-0.25, -0.2) is 18.4 Å². The summed E-state index contributed by atoms with van der Waals surface area (Å²) >= 11 is 0. The van der Waals surface area contributed by atoms with Gasteiger partial charge < -0.3 is 19.5 Å². The van der Waals surface area contributed by atoms with Crippen LogP contribution < -0.4 is 15.2 Å². The lowest BCUT2D eigenvalue weighted by atomic mass is 10.2. The lowest BCUT2D eigenvalue weighted by Crippen LogP contribution is -2.30. The number of ether oxygens (including phenoxy) is 3. The van der Waals surface area contributed by atoms with Crippen molar-refractivity contribution in [1.29, 1.82) is 0 Å². The molecule has 10 heteroatoms. The molecule has 0 spiro atoms. The lowest BCUT2D eigenvalue weighted by molar-refractivity contribution is -0.124. The molecule has 0 aliphatic rings. The Kier molecular flexibility index (Phi) is 7.62. The normalized spacial score (nSPS) is 11.0. The Bertz CT molecular complexity index is 688. The van der Waals surface area contributed by atoms with Gasteiger partial charge in [0.2, 0.25) is 10.0 Å². The molecule has 24 heavy (non-hydrogen) atoms. The highest BCUT2D eigenvalue weighted by Gasteiger charge is 2.19. The molecule has 0 radical (unpaired) electrons. The van der Waals surface area contributed by atoms with E-state index in [1.807, 2.05) is 0 Å². The minimum atomic E-state index is -3.99. The molecule has 3 N–H and O–H groups in total. The van der Waals surface area contributed by atoms with Crippen molar-refractivity contribution >= 4 is 21.9 Å². The molecule has 0 saturated carbocycles. The molecule has 0 aromatic heterocycles. The maximum atomic E-state index is 12.0. The van der Waals surface area contributed by atoms with Crippen molar-refractivity contribution in [2.24, 2.45) is 5.14 Å². The van der Waals surface area contributed by atoms with E-state index in [4.69, 9.17) is 19.3 Å². The van der Waals surface area contributed by atoms with E-state index in [9.17, 15) is 18.0 Å². The quantitative estimate of drug-likeness (QED) is 0.454. The highest BCUT2D eigenvalue weighted by Crippen LogP contribution is 2.22. The number of carbonyl (C=O) groups is 2. The maximum Gasteiger partial charge on any atom is 0.342 e. The van der Waals surface area contributed by atoms with Gasteiger partial charge in [0.05, 0.1) is 12.0 Å². The van der Waals surface area contributed by atoms with Gasteiger partial charge in [0.25, 0.3) is 5.91 Å². The summed E-state index contributed by atoms with van der Waals surface area (Å²) in [4.78, 5) is 23.3. The number of nitrogens with two attached hydrogens (primary N) is 1. The Labute approximate surface area is 140 Å². The molecule has 0 unspecified atom stereocenters. The third-order valence-corrected chi connectivity index (χ3v) is 3.81. The molecule has 1 aromatic rings. The van der Waals surface area contributed by atoms with E-state index in [1.165, 1.54) is 19.2 Å². The summed E-state index contributed by atoms with van der Waals surface area (Å²) in [6, 6.07) is 3.52. The molecule has 1 amide bonds. The van der Waals surface area contributed by atoms with Crippen LogP contribution in [-0.2, 0) is 24.3 Å². The summed E-state index contributed by atoms with van der Waals surface area (Å²) in [6.07, 6.45) is 0.625. The number of esters is 1. The van der Waals surface area contributed by atoms with Crippen LogP contribution in [0.25, 0.3) is 0 Å². The molecule has 0 aliphatic carbocycles. The van der Waals surface area contributed by atoms with Crippen LogP contribution in [0.15, 0.2) is 23.1 Å². The monoisotopic (exact) mass is 360 g/mol. The predicted molar refractivity (Wildman–Crippen MR) is 84.2 cm³/mol. The molecule has 0 atom stereocenters. The molecule has 0 heterocycles. The van der Waals surface area contributed by atoms with Crippen molar-refractivity contribution in [3.05, 3.63) is 23.8 Å². The minimum Gasteiger partial charge on any atom is -0.496 e. The molecule has 0 aliphatic heterocycles. The first-order chi connectivity index (χ1) is 11.3. The fourth-order valence-corrected chi connectivity index (χ4v) is 2.27. The molecule has 9 nitrogen and oxygen atoms in total. The summed E-state index contributed by atoms with van der Waals surface area (Å²) in [5.74, 6) is -1.28. The molecule has 0 fully saturated rings. The number of rotatable bonds is 9. The highest BCUT2D eigenvalue weighted by molar-refractivity contribution is 7.89. The number of hydrogen-bond donors (Lipinski definition) is 2. The zero-order chi connectivity index (χ0) is 18.2. The second-order valence-corrected chi connectivity index (χ2v) is 6.24. The molecular weight excluding hydrogens is 340 g/mol. The van der Waals surface area contributed by atoms with Crippen molar-refractivity contribution in [3.63, 3.8) is 0 Å². The van der Waals surface area contributed by atoms with Crippen LogP contribution >= 0.6 is 0 Å². The number of benzene rings is 1. The van der Waals surface area contributed by atoms with Crippen molar-refractivity contribution in [3.8, 4) is 5.75 Å². The zero-order valence-electron chi connectivity index (χ0n) is 13.4. The van der Waals surface area contributed by atoms with Crippen molar-refractivity contribution in [2.45, 2.75) is 11.3 Å². The summed E-state index contributed by atoms with van der Waals surface area (Å²) in [6.45, 7) is 0.376. The standard InChI is InChI=1S/C14H20N2O7S/c1-21-7-3-6-16-13(17)9-23-14(18)11-8-10(24(15,19)20)4-5-12(11)22-2/h4-5,8H,3,6-7,9H2,1-2H3,(H,16,17)(H2,15,19,20). The van der Waals surface area contributed by atoms with E-state index in [-0.39, 0.29) is 16.2 Å². The first-order valence-corrected chi connectivity index (χ1v) is 8.47. The maximum absolute atomic E-state index is 12.0. The van der Waals surface area contributed by atoms with Crippen LogP contribution in [0.4, 0.5) is 0 Å². The van der Waals surface area contributed by atoms with Gasteiger partial charge in [-0.1, -0.05) is 0 Å². The summed E-state index contributed by atoms with van der Waals surface area (Å²) < 4.78 is 37.4. The van der Waals surface area contributed by atoms with Gasteiger partial charge in [-0.15, -0.1) is 0 Å². The number of primary sulfonamides is 1. The summed E-state index contributed by atoms with van der Waals surface area (Å²) in [7, 11) is -1.13. The van der Waals surface area contributed by atoms with Crippen LogP contribution in [0.3, 0.4) is 0 Å². The van der Waals surface area contributed by atoms with Crippen molar-refractivity contribution < 1.29 is 32.2 Å². The van der Waals surface area contributed by atoms with E-state index in [0.29, 0.717) is 19.6 Å². The van der Waals surface area contributed by atoms with Crippen LogP contribution in [0, 0.1) is 0 Å². The van der Waals surface area contributed by atoms with E-state index >= 15 is 0 Å². The molecular formula is C14H20N2O7S. The number of hydrogen-bond acceptors (Lipinski definition) is 7. The van der Waals surface area contributed by atoms with Crippen LogP contribution in [0.1, 0.15) is 16.8 Å². The van der Waals surface area contributed by atoms with Crippen LogP contribution in [0.2, 0.25) is 0 Å². The van der Waals surface area contributed by atoms with Crippen LogP contribution in [-0.4, -0.2) is 54.3 Å². The fourth-order valence-electron chi connectivity index (χ4n) is 1.73. The van der Waals surface area contributed by atoms with E-state index in [2.05, 4.69) is 5.32 Å². The Morgan fingerprint density at radius 3 is 2.54 bits per heavy atom. The molecule has 1 aromatic carbocycles. The van der Waals surface area contributed by atoms with E-state index in [0.717, 1.165) is 6.07 Å². The van der Waals surface area contributed by atoms with Crippen molar-refractivity contribution in [2.75, 3.05) is 34.0 Å². The zero-order valence-corrected chi connectivity index (χ0v) is 14.2. The smallest absolute Gasteiger partial charge is 0.342 e. The Morgan fingerprint density at radius 2 is 1.96 bits per heavy atom. The summed E-state index contributed by atoms with van der Waals surface area (Å²) in [5.41, 5.74) is -0.142. The lowest BCUT2D eigenvalue weighted by Gasteiger charge is -2.10. The van der Waals surface area contributed by atoms with Gasteiger partial charge in [-0.05, 0) is 24.6 Å². The molecule has 0 bridgehead atoms. The van der Waals surface area contributed by atoms with E-state index < -0.39 is 28.5 Å². The Morgan fingerprint density at radius 1 is 1.25 bits per heavy atom. The van der Waals surface area contributed by atoms with Gasteiger partial charge in [-0.3, -0.25) is 4.79 Å². The average molecular weight is 360 g/mol. The highest BCUT2D eigenvalue weighted by atomic mass is 32.2. The second-order valence-electron chi connectivity index (χ2n) is 4.68. The topological polar surface area (TPSA) is 134 Å². The first-order valence-electron chi connectivity index (χ1n) is 6.93. The fraction of sp³-hybridized carbons (Fsp3) is 0.429. The van der Waals surface area contributed by atoms with Crippen molar-refractivity contribution in [1.82, 2.24) is 5.32 Å². The minimum absolute atomic E-state index is 0.105. The van der Waals surface area contributed by atoms with Crippen LogP contribution in [0.5, 0.6) is 5.75 Å². The molecule has 0 saturated heterocycles.